The molecule has 0 spiro atoms. The van der Waals surface area contributed by atoms with Crippen molar-refractivity contribution in [3.63, 3.8) is 0 Å². The second kappa shape index (κ2) is 5.71. The normalized spacial score (nSPS) is 9.31. The molecule has 0 atom stereocenters. The van der Waals surface area contributed by atoms with Crippen molar-refractivity contribution < 1.29 is 4.79 Å². The number of carbonyl (C=O) groups is 1. The molecule has 0 aliphatic heterocycles. The van der Waals surface area contributed by atoms with Crippen LogP contribution in [0.15, 0.2) is 18.3 Å². The molecule has 0 bridgehead atoms. The van der Waals surface area contributed by atoms with Crippen LogP contribution in [0, 0.1) is 11.3 Å². The Morgan fingerprint density at radius 3 is 2.81 bits per heavy atom. The van der Waals surface area contributed by atoms with Gasteiger partial charge in [-0.3, -0.25) is 4.79 Å². The van der Waals surface area contributed by atoms with E-state index in [2.05, 4.69) is 10.3 Å². The zero-order valence-electron chi connectivity index (χ0n) is 9.40. The van der Waals surface area contributed by atoms with Gasteiger partial charge >= 0.3 is 0 Å². The molecule has 0 unspecified atom stereocenters. The summed E-state index contributed by atoms with van der Waals surface area (Å²) in [5.74, 6) is 0.0779. The van der Waals surface area contributed by atoms with Crippen molar-refractivity contribution in [1.29, 1.82) is 5.26 Å². The van der Waals surface area contributed by atoms with Crippen molar-refractivity contribution in [1.82, 2.24) is 9.88 Å². The molecule has 1 N–H and O–H groups in total. The molecule has 0 fully saturated rings. The number of amides is 1. The number of nitrogens with one attached hydrogen (secondary N) is 1. The van der Waals surface area contributed by atoms with Gasteiger partial charge in [0.1, 0.15) is 11.8 Å². The molecule has 16 heavy (non-hydrogen) atoms. The van der Waals surface area contributed by atoms with Crippen molar-refractivity contribution in [3.8, 4) is 6.07 Å². The highest BCUT2D eigenvalue weighted by molar-refractivity contribution is 5.76. The summed E-state index contributed by atoms with van der Waals surface area (Å²) >= 11 is 0. The first kappa shape index (κ1) is 12.0. The average Bonchev–Trinajstić information content (AvgIpc) is 2.29. The maximum atomic E-state index is 11.3. The number of aromatic nitrogens is 1. The molecule has 0 saturated carbocycles. The van der Waals surface area contributed by atoms with E-state index >= 15 is 0 Å². The Kier molecular flexibility index (Phi) is 4.28. The zero-order chi connectivity index (χ0) is 12.0. The molecule has 0 aromatic carbocycles. The number of anilines is 1. The predicted molar refractivity (Wildman–Crippen MR) is 60.8 cm³/mol. The summed E-state index contributed by atoms with van der Waals surface area (Å²) in [7, 11) is 3.46. The Morgan fingerprint density at radius 1 is 1.56 bits per heavy atom. The second-order valence-corrected chi connectivity index (χ2v) is 3.51. The second-order valence-electron chi connectivity index (χ2n) is 3.51. The van der Waals surface area contributed by atoms with Gasteiger partial charge < -0.3 is 10.2 Å². The molecule has 1 heterocycles. The van der Waals surface area contributed by atoms with Gasteiger partial charge in [-0.1, -0.05) is 0 Å². The van der Waals surface area contributed by atoms with Gasteiger partial charge in [0.05, 0.1) is 11.9 Å². The summed E-state index contributed by atoms with van der Waals surface area (Å²) < 4.78 is 0. The van der Waals surface area contributed by atoms with E-state index in [4.69, 9.17) is 5.26 Å². The minimum atomic E-state index is 0.0779. The summed E-state index contributed by atoms with van der Waals surface area (Å²) in [6.45, 7) is 0.560. The predicted octanol–water partition coefficient (Wildman–Crippen LogP) is 0.843. The van der Waals surface area contributed by atoms with Crippen LogP contribution in [0.2, 0.25) is 0 Å². The molecule has 1 rings (SSSR count). The highest BCUT2D eigenvalue weighted by Gasteiger charge is 2.02. The summed E-state index contributed by atoms with van der Waals surface area (Å²) in [4.78, 5) is 16.7. The van der Waals surface area contributed by atoms with Gasteiger partial charge in [0.2, 0.25) is 5.91 Å². The lowest BCUT2D eigenvalue weighted by atomic mass is 10.3. The van der Waals surface area contributed by atoms with E-state index < -0.39 is 0 Å². The largest absolute Gasteiger partial charge is 0.383 e. The molecular formula is C11H14N4O. The molecule has 84 valence electrons. The van der Waals surface area contributed by atoms with Crippen molar-refractivity contribution in [2.45, 2.75) is 6.42 Å². The topological polar surface area (TPSA) is 69.0 Å². The third-order valence-electron chi connectivity index (χ3n) is 2.04. The van der Waals surface area contributed by atoms with E-state index in [0.29, 0.717) is 18.7 Å². The van der Waals surface area contributed by atoms with Gasteiger partial charge in [0.25, 0.3) is 0 Å². The van der Waals surface area contributed by atoms with Gasteiger partial charge in [-0.2, -0.15) is 5.26 Å². The molecule has 1 aromatic rings. The minimum Gasteiger partial charge on any atom is -0.383 e. The van der Waals surface area contributed by atoms with Crippen LogP contribution in [0.5, 0.6) is 0 Å². The molecule has 1 aromatic heterocycles. The van der Waals surface area contributed by atoms with Crippen LogP contribution >= 0.6 is 0 Å². The van der Waals surface area contributed by atoms with Crippen LogP contribution in [-0.4, -0.2) is 36.4 Å². The lowest BCUT2D eigenvalue weighted by Crippen LogP contribution is -2.23. The molecular weight excluding hydrogens is 204 g/mol. The van der Waals surface area contributed by atoms with E-state index in [1.807, 2.05) is 6.07 Å². The molecule has 5 nitrogen and oxygen atoms in total. The SMILES string of the molecule is CN(C)C(=O)CCNc1ccc(C#N)nc1. The van der Waals surface area contributed by atoms with Crippen LogP contribution in [0.1, 0.15) is 12.1 Å². The Labute approximate surface area is 94.7 Å². The number of rotatable bonds is 4. The molecule has 0 radical (unpaired) electrons. The Morgan fingerprint density at radius 2 is 2.31 bits per heavy atom. The fourth-order valence-corrected chi connectivity index (χ4v) is 1.10. The van der Waals surface area contributed by atoms with Crippen LogP contribution in [0.25, 0.3) is 0 Å². The highest BCUT2D eigenvalue weighted by atomic mass is 16.2. The number of hydrogen-bond acceptors (Lipinski definition) is 4. The van der Waals surface area contributed by atoms with Gasteiger partial charge in [0, 0.05) is 27.1 Å². The van der Waals surface area contributed by atoms with Gasteiger partial charge in [-0.15, -0.1) is 0 Å². The molecule has 0 aliphatic carbocycles. The zero-order valence-corrected chi connectivity index (χ0v) is 9.40. The Hall–Kier alpha value is -2.09. The first-order valence-electron chi connectivity index (χ1n) is 4.93. The monoisotopic (exact) mass is 218 g/mol. The quantitative estimate of drug-likeness (QED) is 0.813. The number of carbonyl (C=O) groups excluding carboxylic acids is 1. The molecule has 0 saturated heterocycles. The van der Waals surface area contributed by atoms with E-state index in [1.165, 1.54) is 0 Å². The third kappa shape index (κ3) is 3.58. The molecule has 1 amide bonds. The summed E-state index contributed by atoms with van der Waals surface area (Å²) in [6, 6.07) is 5.35. The lowest BCUT2D eigenvalue weighted by Gasteiger charge is -2.10. The summed E-state index contributed by atoms with van der Waals surface area (Å²) in [5, 5.41) is 11.6. The third-order valence-corrected chi connectivity index (χ3v) is 2.04. The van der Waals surface area contributed by atoms with E-state index in [9.17, 15) is 4.79 Å². The van der Waals surface area contributed by atoms with Crippen LogP contribution < -0.4 is 5.32 Å². The van der Waals surface area contributed by atoms with Gasteiger partial charge in [-0.05, 0) is 12.1 Å². The summed E-state index contributed by atoms with van der Waals surface area (Å²) in [5.41, 5.74) is 1.19. The van der Waals surface area contributed by atoms with Crippen LogP contribution in [0.3, 0.4) is 0 Å². The van der Waals surface area contributed by atoms with Crippen molar-refractivity contribution in [2.75, 3.05) is 26.0 Å². The van der Waals surface area contributed by atoms with Crippen LogP contribution in [0.4, 0.5) is 5.69 Å². The van der Waals surface area contributed by atoms with E-state index in [0.717, 1.165) is 5.69 Å². The molecule has 5 heteroatoms. The maximum absolute atomic E-state index is 11.3. The Bertz CT molecular complexity index is 391. The maximum Gasteiger partial charge on any atom is 0.223 e. The standard InChI is InChI=1S/C11H14N4O/c1-15(2)11(16)5-6-13-10-4-3-9(7-12)14-8-10/h3-4,8,13H,5-6H2,1-2H3. The Balaban J connectivity index is 2.38. The fraction of sp³-hybridized carbons (Fsp3) is 0.364. The lowest BCUT2D eigenvalue weighted by molar-refractivity contribution is -0.128. The average molecular weight is 218 g/mol. The van der Waals surface area contributed by atoms with Crippen LogP contribution in [-0.2, 0) is 4.79 Å². The van der Waals surface area contributed by atoms with Gasteiger partial charge in [0.15, 0.2) is 0 Å². The van der Waals surface area contributed by atoms with E-state index in [-0.39, 0.29) is 5.91 Å². The van der Waals surface area contributed by atoms with Gasteiger partial charge in [-0.25, -0.2) is 4.98 Å². The number of pyridine rings is 1. The number of nitrogens with zero attached hydrogens (tertiary/aromatic N) is 3. The minimum absolute atomic E-state index is 0.0779. The van der Waals surface area contributed by atoms with Crippen molar-refractivity contribution >= 4 is 11.6 Å². The van der Waals surface area contributed by atoms with Crippen molar-refractivity contribution in [2.24, 2.45) is 0 Å². The number of nitriles is 1. The smallest absolute Gasteiger partial charge is 0.223 e. The summed E-state index contributed by atoms with van der Waals surface area (Å²) in [6.07, 6.45) is 2.02. The van der Waals surface area contributed by atoms with E-state index in [1.54, 1.807) is 37.3 Å². The highest BCUT2D eigenvalue weighted by Crippen LogP contribution is 2.05. The first-order chi connectivity index (χ1) is 7.63. The number of hydrogen-bond donors (Lipinski definition) is 1. The molecule has 0 aliphatic rings. The fourth-order valence-electron chi connectivity index (χ4n) is 1.10. The first-order valence-corrected chi connectivity index (χ1v) is 4.93. The van der Waals surface area contributed by atoms with Crippen molar-refractivity contribution in [3.05, 3.63) is 24.0 Å².